The van der Waals surface area contributed by atoms with Crippen molar-refractivity contribution in [1.29, 1.82) is 0 Å². The van der Waals surface area contributed by atoms with Gasteiger partial charge in [-0.05, 0) is 41.1 Å². The van der Waals surface area contributed by atoms with Crippen molar-refractivity contribution >= 4 is 42.6 Å². The van der Waals surface area contributed by atoms with Gasteiger partial charge in [0.2, 0.25) is 5.88 Å². The highest BCUT2D eigenvalue weighted by Gasteiger charge is 2.05. The fourth-order valence-corrected chi connectivity index (χ4v) is 2.79. The first-order valence-electron chi connectivity index (χ1n) is 6.13. The Kier molecular flexibility index (Phi) is 4.03. The zero-order chi connectivity index (χ0) is 13.9. The highest BCUT2D eigenvalue weighted by molar-refractivity contribution is 9.10. The fraction of sp³-hybridized carbons (Fsp3) is 0.0625. The fourth-order valence-electron chi connectivity index (χ4n) is 1.99. The van der Waals surface area contributed by atoms with E-state index in [-0.39, 0.29) is 0 Å². The van der Waals surface area contributed by atoms with Crippen LogP contribution in [-0.4, -0.2) is 4.98 Å². The van der Waals surface area contributed by atoms with Crippen molar-refractivity contribution in [3.8, 4) is 11.6 Å². The van der Waals surface area contributed by atoms with Crippen molar-refractivity contribution in [2.75, 3.05) is 0 Å². The number of hydrogen-bond donors (Lipinski definition) is 0. The Morgan fingerprint density at radius 3 is 2.65 bits per heavy atom. The summed E-state index contributed by atoms with van der Waals surface area (Å²) in [6.45, 7) is 0. The van der Waals surface area contributed by atoms with Crippen LogP contribution in [0.3, 0.4) is 0 Å². The summed E-state index contributed by atoms with van der Waals surface area (Å²) in [4.78, 5) is 4.28. The van der Waals surface area contributed by atoms with Crippen molar-refractivity contribution < 1.29 is 4.74 Å². The van der Waals surface area contributed by atoms with E-state index in [1.54, 1.807) is 6.20 Å². The number of rotatable bonds is 3. The molecule has 1 heterocycles. The number of alkyl halides is 1. The second-order valence-corrected chi connectivity index (χ2v) is 5.83. The molecule has 0 aliphatic rings. The topological polar surface area (TPSA) is 22.1 Å². The third-order valence-electron chi connectivity index (χ3n) is 2.98. The van der Waals surface area contributed by atoms with E-state index in [2.05, 4.69) is 49.0 Å². The third-order valence-corrected chi connectivity index (χ3v) is 4.08. The zero-order valence-electron chi connectivity index (χ0n) is 10.5. The summed E-state index contributed by atoms with van der Waals surface area (Å²) >= 11 is 6.92. The van der Waals surface area contributed by atoms with Gasteiger partial charge >= 0.3 is 0 Å². The van der Waals surface area contributed by atoms with Gasteiger partial charge in [-0.2, -0.15) is 0 Å². The molecule has 0 unspecified atom stereocenters. The molecule has 0 aliphatic heterocycles. The predicted octanol–water partition coefficient (Wildman–Crippen LogP) is 5.68. The Hall–Kier alpha value is -1.39. The van der Waals surface area contributed by atoms with Gasteiger partial charge < -0.3 is 4.74 Å². The second kappa shape index (κ2) is 5.94. The predicted molar refractivity (Wildman–Crippen MR) is 88.6 cm³/mol. The molecule has 0 saturated carbocycles. The van der Waals surface area contributed by atoms with Crippen LogP contribution in [0.25, 0.3) is 10.8 Å². The van der Waals surface area contributed by atoms with Crippen LogP contribution in [0.5, 0.6) is 11.6 Å². The maximum atomic E-state index is 5.89. The van der Waals surface area contributed by atoms with E-state index in [0.717, 1.165) is 26.5 Å². The first-order valence-corrected chi connectivity index (χ1v) is 8.05. The Labute approximate surface area is 134 Å². The number of benzene rings is 2. The molecule has 3 aromatic rings. The Bertz CT molecular complexity index is 758. The minimum absolute atomic E-state index is 0.640. The van der Waals surface area contributed by atoms with Gasteiger partial charge in [-0.15, -0.1) is 0 Å². The highest BCUT2D eigenvalue weighted by atomic mass is 79.9. The quantitative estimate of drug-likeness (QED) is 0.534. The number of fused-ring (bicyclic) bond motifs is 1. The van der Waals surface area contributed by atoms with Gasteiger partial charge in [0.15, 0.2) is 0 Å². The van der Waals surface area contributed by atoms with Crippen LogP contribution in [0.2, 0.25) is 0 Å². The molecule has 0 aliphatic carbocycles. The van der Waals surface area contributed by atoms with Crippen molar-refractivity contribution in [3.63, 3.8) is 0 Å². The van der Waals surface area contributed by atoms with Gasteiger partial charge in [-0.1, -0.05) is 50.1 Å². The lowest BCUT2D eigenvalue weighted by atomic mass is 10.1. The van der Waals surface area contributed by atoms with Crippen molar-refractivity contribution in [2.45, 2.75) is 5.33 Å². The van der Waals surface area contributed by atoms with Crippen molar-refractivity contribution in [2.24, 2.45) is 0 Å². The monoisotopic (exact) mass is 391 g/mol. The van der Waals surface area contributed by atoms with Crippen molar-refractivity contribution in [3.05, 3.63) is 64.8 Å². The molecule has 0 bridgehead atoms. The molecule has 2 aromatic carbocycles. The standard InChI is InChI=1S/C16H11Br2NO/c17-10-13-2-1-7-19-16(13)20-15-6-4-11-8-14(18)5-3-12(11)9-15/h1-9H,10H2. The molecule has 3 rings (SSSR count). The molecular formula is C16H11Br2NO. The van der Waals surface area contributed by atoms with Gasteiger partial charge in [0, 0.05) is 21.6 Å². The van der Waals surface area contributed by atoms with Crippen LogP contribution in [0.1, 0.15) is 5.56 Å². The zero-order valence-corrected chi connectivity index (χ0v) is 13.7. The number of ether oxygens (including phenoxy) is 1. The molecule has 4 heteroatoms. The lowest BCUT2D eigenvalue weighted by molar-refractivity contribution is 0.459. The number of halogens is 2. The Morgan fingerprint density at radius 2 is 1.80 bits per heavy atom. The largest absolute Gasteiger partial charge is 0.439 e. The van der Waals surface area contributed by atoms with Crippen molar-refractivity contribution in [1.82, 2.24) is 4.98 Å². The maximum absolute atomic E-state index is 5.89. The van der Waals surface area contributed by atoms with Crippen LogP contribution in [0, 0.1) is 0 Å². The van der Waals surface area contributed by atoms with Crippen LogP contribution in [-0.2, 0) is 5.33 Å². The van der Waals surface area contributed by atoms with Gasteiger partial charge in [-0.3, -0.25) is 0 Å². The highest BCUT2D eigenvalue weighted by Crippen LogP contribution is 2.28. The average molecular weight is 393 g/mol. The summed E-state index contributed by atoms with van der Waals surface area (Å²) in [6.07, 6.45) is 1.74. The summed E-state index contributed by atoms with van der Waals surface area (Å²) in [5, 5.41) is 3.03. The molecule has 1 aromatic heterocycles. The number of hydrogen-bond acceptors (Lipinski definition) is 2. The molecule has 0 fully saturated rings. The first kappa shape index (κ1) is 13.6. The molecule has 100 valence electrons. The normalized spacial score (nSPS) is 10.7. The maximum Gasteiger partial charge on any atom is 0.223 e. The van der Waals surface area contributed by atoms with E-state index in [9.17, 15) is 0 Å². The molecule has 20 heavy (non-hydrogen) atoms. The average Bonchev–Trinajstić information content (AvgIpc) is 2.48. The van der Waals surface area contributed by atoms with E-state index >= 15 is 0 Å². The summed E-state index contributed by atoms with van der Waals surface area (Å²) in [6, 6.07) is 16.1. The molecular weight excluding hydrogens is 382 g/mol. The molecule has 0 spiro atoms. The summed E-state index contributed by atoms with van der Waals surface area (Å²) < 4.78 is 6.96. The summed E-state index contributed by atoms with van der Waals surface area (Å²) in [5.41, 5.74) is 1.03. The smallest absolute Gasteiger partial charge is 0.223 e. The number of nitrogens with zero attached hydrogens (tertiary/aromatic N) is 1. The van der Waals surface area contributed by atoms with E-state index in [1.807, 2.05) is 36.4 Å². The third kappa shape index (κ3) is 2.86. The van der Waals surface area contributed by atoms with Crippen LogP contribution < -0.4 is 4.74 Å². The number of pyridine rings is 1. The lowest BCUT2D eigenvalue weighted by Crippen LogP contribution is -1.92. The van der Waals surface area contributed by atoms with E-state index in [0.29, 0.717) is 5.88 Å². The molecule has 0 N–H and O–H groups in total. The first-order chi connectivity index (χ1) is 9.76. The van der Waals surface area contributed by atoms with Gasteiger partial charge in [0.1, 0.15) is 5.75 Å². The Morgan fingerprint density at radius 1 is 1.00 bits per heavy atom. The van der Waals surface area contributed by atoms with E-state index in [1.165, 1.54) is 5.39 Å². The van der Waals surface area contributed by atoms with E-state index < -0.39 is 0 Å². The second-order valence-electron chi connectivity index (χ2n) is 4.36. The minimum Gasteiger partial charge on any atom is -0.439 e. The van der Waals surface area contributed by atoms with E-state index in [4.69, 9.17) is 4.74 Å². The molecule has 0 atom stereocenters. The molecule has 0 saturated heterocycles. The van der Waals surface area contributed by atoms with Gasteiger partial charge in [0.05, 0.1) is 0 Å². The number of aromatic nitrogens is 1. The molecule has 2 nitrogen and oxygen atoms in total. The molecule has 0 radical (unpaired) electrons. The van der Waals surface area contributed by atoms with Crippen LogP contribution in [0.15, 0.2) is 59.2 Å². The molecule has 0 amide bonds. The lowest BCUT2D eigenvalue weighted by Gasteiger charge is -2.09. The summed E-state index contributed by atoms with van der Waals surface area (Å²) in [7, 11) is 0. The minimum atomic E-state index is 0.640. The SMILES string of the molecule is BrCc1cccnc1Oc1ccc2cc(Br)ccc2c1. The van der Waals surface area contributed by atoms with Crippen LogP contribution in [0.4, 0.5) is 0 Å². The Balaban J connectivity index is 1.96. The van der Waals surface area contributed by atoms with Gasteiger partial charge in [-0.25, -0.2) is 4.98 Å². The van der Waals surface area contributed by atoms with Gasteiger partial charge in [0.25, 0.3) is 0 Å². The van der Waals surface area contributed by atoms with Crippen LogP contribution >= 0.6 is 31.9 Å². The summed E-state index contributed by atoms with van der Waals surface area (Å²) in [5.74, 6) is 1.43.